The zero-order chi connectivity index (χ0) is 17.6. The lowest BCUT2D eigenvalue weighted by molar-refractivity contribution is 0.0680. The standard InChI is InChI=1S/C20H24N2O2S/c1-24-17-9-7-15(8-10-17)18-6-4-3-5-13-22(18)20(23)16-11-12-21-19(14-16)25-2/h7-12,14,18H,3-6,13H2,1-2H3. The summed E-state index contributed by atoms with van der Waals surface area (Å²) in [7, 11) is 1.67. The Morgan fingerprint density at radius 1 is 1.20 bits per heavy atom. The quantitative estimate of drug-likeness (QED) is 0.753. The van der Waals surface area contributed by atoms with Crippen molar-refractivity contribution >= 4 is 17.7 Å². The van der Waals surface area contributed by atoms with Gasteiger partial charge in [-0.15, -0.1) is 11.8 Å². The van der Waals surface area contributed by atoms with Gasteiger partial charge in [0.15, 0.2) is 0 Å². The Kier molecular flexibility index (Phi) is 5.97. The average molecular weight is 356 g/mol. The van der Waals surface area contributed by atoms with Gasteiger partial charge in [0.05, 0.1) is 18.2 Å². The fourth-order valence-corrected chi connectivity index (χ4v) is 3.76. The highest BCUT2D eigenvalue weighted by molar-refractivity contribution is 7.98. The first-order valence-electron chi connectivity index (χ1n) is 8.68. The number of thioether (sulfide) groups is 1. The predicted octanol–water partition coefficient (Wildman–Crippen LogP) is 4.57. The van der Waals surface area contributed by atoms with Gasteiger partial charge in [-0.1, -0.05) is 25.0 Å². The van der Waals surface area contributed by atoms with E-state index in [0.717, 1.165) is 42.1 Å². The molecule has 1 aliphatic heterocycles. The summed E-state index contributed by atoms with van der Waals surface area (Å²) < 4.78 is 5.26. The van der Waals surface area contributed by atoms with Crippen molar-refractivity contribution in [1.29, 1.82) is 0 Å². The first kappa shape index (κ1) is 17.8. The Bertz CT molecular complexity index is 718. The minimum absolute atomic E-state index is 0.0976. The fraction of sp³-hybridized carbons (Fsp3) is 0.400. The Morgan fingerprint density at radius 2 is 2.00 bits per heavy atom. The van der Waals surface area contributed by atoms with Crippen LogP contribution in [-0.4, -0.2) is 35.7 Å². The van der Waals surface area contributed by atoms with E-state index in [4.69, 9.17) is 4.74 Å². The van der Waals surface area contributed by atoms with Gasteiger partial charge in [0, 0.05) is 18.3 Å². The number of hydrogen-bond acceptors (Lipinski definition) is 4. The highest BCUT2D eigenvalue weighted by Crippen LogP contribution is 2.32. The molecule has 0 radical (unpaired) electrons. The Labute approximate surface area is 153 Å². The molecule has 0 spiro atoms. The van der Waals surface area contributed by atoms with Gasteiger partial charge in [0.1, 0.15) is 5.75 Å². The molecule has 3 rings (SSSR count). The van der Waals surface area contributed by atoms with Gasteiger partial charge in [0.25, 0.3) is 5.91 Å². The van der Waals surface area contributed by atoms with Gasteiger partial charge in [0.2, 0.25) is 0 Å². The van der Waals surface area contributed by atoms with E-state index in [1.807, 2.05) is 35.4 Å². The van der Waals surface area contributed by atoms with Crippen molar-refractivity contribution in [2.75, 3.05) is 19.9 Å². The maximum Gasteiger partial charge on any atom is 0.254 e. The van der Waals surface area contributed by atoms with Crippen molar-refractivity contribution in [3.8, 4) is 5.75 Å². The molecular weight excluding hydrogens is 332 g/mol. The van der Waals surface area contributed by atoms with Crippen LogP contribution in [0.15, 0.2) is 47.6 Å². The lowest BCUT2D eigenvalue weighted by atomic mass is 10.00. The smallest absolute Gasteiger partial charge is 0.254 e. The monoisotopic (exact) mass is 356 g/mol. The number of amides is 1. The van der Waals surface area contributed by atoms with Gasteiger partial charge in [-0.05, 0) is 48.9 Å². The summed E-state index contributed by atoms with van der Waals surface area (Å²) in [5.41, 5.74) is 1.90. The van der Waals surface area contributed by atoms with E-state index in [2.05, 4.69) is 17.1 Å². The van der Waals surface area contributed by atoms with Crippen molar-refractivity contribution in [3.63, 3.8) is 0 Å². The number of carbonyl (C=O) groups excluding carboxylic acids is 1. The number of aromatic nitrogens is 1. The summed E-state index contributed by atoms with van der Waals surface area (Å²) >= 11 is 1.56. The van der Waals surface area contributed by atoms with Crippen LogP contribution < -0.4 is 4.74 Å². The van der Waals surface area contributed by atoms with Gasteiger partial charge in [-0.25, -0.2) is 4.98 Å². The second-order valence-corrected chi connectivity index (χ2v) is 7.05. The summed E-state index contributed by atoms with van der Waals surface area (Å²) in [5.74, 6) is 0.939. The van der Waals surface area contributed by atoms with E-state index in [0.29, 0.717) is 0 Å². The summed E-state index contributed by atoms with van der Waals surface area (Å²) in [4.78, 5) is 19.5. The molecule has 0 N–H and O–H groups in total. The molecule has 1 aromatic heterocycles. The lowest BCUT2D eigenvalue weighted by Crippen LogP contribution is -2.34. The normalized spacial score (nSPS) is 17.8. The van der Waals surface area contributed by atoms with E-state index in [1.165, 1.54) is 12.0 Å². The van der Waals surface area contributed by atoms with Crippen LogP contribution in [0.4, 0.5) is 0 Å². The van der Waals surface area contributed by atoms with Crippen LogP contribution in [0, 0.1) is 0 Å². The zero-order valence-electron chi connectivity index (χ0n) is 14.8. The van der Waals surface area contributed by atoms with Crippen LogP contribution in [0.25, 0.3) is 0 Å². The van der Waals surface area contributed by atoms with Crippen molar-refractivity contribution in [1.82, 2.24) is 9.88 Å². The van der Waals surface area contributed by atoms with Crippen molar-refractivity contribution in [3.05, 3.63) is 53.7 Å². The molecule has 5 heteroatoms. The van der Waals surface area contributed by atoms with Gasteiger partial charge in [-0.2, -0.15) is 0 Å². The minimum atomic E-state index is 0.0976. The molecule has 25 heavy (non-hydrogen) atoms. The highest BCUT2D eigenvalue weighted by Gasteiger charge is 2.27. The predicted molar refractivity (Wildman–Crippen MR) is 101 cm³/mol. The number of methoxy groups -OCH3 is 1. The second kappa shape index (κ2) is 8.39. The minimum Gasteiger partial charge on any atom is -0.497 e. The van der Waals surface area contributed by atoms with Crippen LogP contribution >= 0.6 is 11.8 Å². The van der Waals surface area contributed by atoms with Crippen LogP contribution in [0.2, 0.25) is 0 Å². The number of hydrogen-bond donors (Lipinski definition) is 0. The number of benzene rings is 1. The number of nitrogens with zero attached hydrogens (tertiary/aromatic N) is 2. The third-order valence-electron chi connectivity index (χ3n) is 4.71. The SMILES string of the molecule is COc1ccc(C2CCCCCN2C(=O)c2ccnc(SC)c2)cc1. The summed E-state index contributed by atoms with van der Waals surface area (Å²) in [6, 6.07) is 11.9. The molecule has 4 nitrogen and oxygen atoms in total. The number of likely N-dealkylation sites (tertiary alicyclic amines) is 1. The average Bonchev–Trinajstić information content (AvgIpc) is 2.93. The summed E-state index contributed by atoms with van der Waals surface area (Å²) in [6.07, 6.45) is 8.06. The van der Waals surface area contributed by atoms with Crippen molar-refractivity contribution in [2.45, 2.75) is 36.8 Å². The molecule has 1 unspecified atom stereocenters. The first-order valence-corrected chi connectivity index (χ1v) is 9.90. The van der Waals surface area contributed by atoms with Crippen molar-refractivity contribution in [2.24, 2.45) is 0 Å². The van der Waals surface area contributed by atoms with Gasteiger partial charge in [-0.3, -0.25) is 4.79 Å². The molecule has 1 atom stereocenters. The molecule has 1 fully saturated rings. The first-order chi connectivity index (χ1) is 12.2. The topological polar surface area (TPSA) is 42.4 Å². The molecule has 1 amide bonds. The van der Waals surface area contributed by atoms with Crippen LogP contribution in [0.1, 0.15) is 47.6 Å². The zero-order valence-corrected chi connectivity index (χ0v) is 15.6. The number of rotatable bonds is 4. The van der Waals surface area contributed by atoms with E-state index < -0.39 is 0 Å². The van der Waals surface area contributed by atoms with E-state index in [9.17, 15) is 4.79 Å². The van der Waals surface area contributed by atoms with Gasteiger partial charge >= 0.3 is 0 Å². The maximum absolute atomic E-state index is 13.2. The van der Waals surface area contributed by atoms with Crippen LogP contribution in [0.5, 0.6) is 5.75 Å². The molecule has 0 saturated carbocycles. The Morgan fingerprint density at radius 3 is 2.72 bits per heavy atom. The van der Waals surface area contributed by atoms with Gasteiger partial charge < -0.3 is 9.64 Å². The molecule has 2 aromatic rings. The molecular formula is C20H24N2O2S. The Hall–Kier alpha value is -2.01. The van der Waals surface area contributed by atoms with E-state index >= 15 is 0 Å². The molecule has 0 bridgehead atoms. The maximum atomic E-state index is 13.2. The molecule has 1 aliphatic rings. The third-order valence-corrected chi connectivity index (χ3v) is 5.35. The Balaban J connectivity index is 1.90. The fourth-order valence-electron chi connectivity index (χ4n) is 3.34. The van der Waals surface area contributed by atoms with Crippen molar-refractivity contribution < 1.29 is 9.53 Å². The van der Waals surface area contributed by atoms with E-state index in [-0.39, 0.29) is 11.9 Å². The van der Waals surface area contributed by atoms with Crippen LogP contribution in [-0.2, 0) is 0 Å². The number of ether oxygens (including phenoxy) is 1. The molecule has 132 valence electrons. The number of carbonyl (C=O) groups is 1. The summed E-state index contributed by atoms with van der Waals surface area (Å²) in [5, 5.41) is 0.877. The largest absolute Gasteiger partial charge is 0.497 e. The lowest BCUT2D eigenvalue weighted by Gasteiger charge is -2.30. The number of pyridine rings is 1. The molecule has 1 saturated heterocycles. The third kappa shape index (κ3) is 4.15. The molecule has 2 heterocycles. The van der Waals surface area contributed by atoms with Crippen LogP contribution in [0.3, 0.4) is 0 Å². The highest BCUT2D eigenvalue weighted by atomic mass is 32.2. The second-order valence-electron chi connectivity index (χ2n) is 6.22. The molecule has 0 aliphatic carbocycles. The molecule has 1 aromatic carbocycles. The van der Waals surface area contributed by atoms with E-state index in [1.54, 1.807) is 25.1 Å². The summed E-state index contributed by atoms with van der Waals surface area (Å²) in [6.45, 7) is 0.798.